The molecule has 4 rings (SSSR count). The predicted molar refractivity (Wildman–Crippen MR) is 97.4 cm³/mol. The third-order valence-corrected chi connectivity index (χ3v) is 4.20. The highest BCUT2D eigenvalue weighted by molar-refractivity contribution is 5.70. The highest BCUT2D eigenvalue weighted by Crippen LogP contribution is 2.26. The lowest BCUT2D eigenvalue weighted by molar-refractivity contribution is 0.415. The van der Waals surface area contributed by atoms with E-state index >= 15 is 0 Å². The number of hydrogen-bond acceptors (Lipinski definition) is 2. The SMILES string of the molecule is COc1ccc(-c2ccc(-c3cn4cc(C)ccc4n3)cc2)cc1. The summed E-state index contributed by atoms with van der Waals surface area (Å²) in [6.07, 6.45) is 4.17. The van der Waals surface area contributed by atoms with Gasteiger partial charge in [0.15, 0.2) is 0 Å². The van der Waals surface area contributed by atoms with Crippen molar-refractivity contribution in [2.45, 2.75) is 6.92 Å². The summed E-state index contributed by atoms with van der Waals surface area (Å²) < 4.78 is 7.28. The molecule has 0 bridgehead atoms. The van der Waals surface area contributed by atoms with Crippen LogP contribution in [0.5, 0.6) is 5.75 Å². The van der Waals surface area contributed by atoms with E-state index in [2.05, 4.69) is 66.2 Å². The minimum absolute atomic E-state index is 0.871. The second-order valence-electron chi connectivity index (χ2n) is 5.90. The van der Waals surface area contributed by atoms with Gasteiger partial charge in [0, 0.05) is 18.0 Å². The Morgan fingerprint density at radius 3 is 2.04 bits per heavy atom. The molecule has 0 aliphatic rings. The fourth-order valence-corrected chi connectivity index (χ4v) is 2.86. The van der Waals surface area contributed by atoms with E-state index in [0.29, 0.717) is 0 Å². The Balaban J connectivity index is 1.66. The molecule has 0 spiro atoms. The number of aryl methyl sites for hydroxylation is 1. The topological polar surface area (TPSA) is 26.5 Å². The van der Waals surface area contributed by atoms with Crippen molar-refractivity contribution >= 4 is 5.65 Å². The molecule has 0 unspecified atom stereocenters. The number of imidazole rings is 1. The van der Waals surface area contributed by atoms with Crippen molar-refractivity contribution in [3.05, 3.63) is 78.6 Å². The molecule has 24 heavy (non-hydrogen) atoms. The fraction of sp³-hybridized carbons (Fsp3) is 0.0952. The van der Waals surface area contributed by atoms with Crippen LogP contribution < -0.4 is 4.74 Å². The number of pyridine rings is 1. The summed E-state index contributed by atoms with van der Waals surface area (Å²) >= 11 is 0. The molecule has 0 amide bonds. The first-order chi connectivity index (χ1) is 11.7. The van der Waals surface area contributed by atoms with Crippen molar-refractivity contribution in [2.75, 3.05) is 7.11 Å². The van der Waals surface area contributed by atoms with Crippen molar-refractivity contribution in [3.8, 4) is 28.1 Å². The van der Waals surface area contributed by atoms with Gasteiger partial charge in [-0.3, -0.25) is 0 Å². The fourth-order valence-electron chi connectivity index (χ4n) is 2.86. The molecule has 3 heteroatoms. The molecule has 0 aliphatic heterocycles. The lowest BCUT2D eigenvalue weighted by atomic mass is 10.0. The molecule has 2 aromatic heterocycles. The van der Waals surface area contributed by atoms with Crippen LogP contribution in [0.1, 0.15) is 5.56 Å². The Morgan fingerprint density at radius 2 is 1.38 bits per heavy atom. The highest BCUT2D eigenvalue weighted by Gasteiger charge is 2.05. The Kier molecular flexibility index (Phi) is 3.54. The number of ether oxygens (including phenoxy) is 1. The molecular weight excluding hydrogens is 296 g/mol. The smallest absolute Gasteiger partial charge is 0.137 e. The second-order valence-corrected chi connectivity index (χ2v) is 5.90. The van der Waals surface area contributed by atoms with Crippen LogP contribution in [0.4, 0.5) is 0 Å². The molecule has 0 N–H and O–H groups in total. The van der Waals surface area contributed by atoms with E-state index in [9.17, 15) is 0 Å². The van der Waals surface area contributed by atoms with Crippen LogP contribution >= 0.6 is 0 Å². The summed E-state index contributed by atoms with van der Waals surface area (Å²) in [6.45, 7) is 2.09. The van der Waals surface area contributed by atoms with E-state index in [4.69, 9.17) is 9.72 Å². The number of rotatable bonds is 3. The summed E-state index contributed by atoms with van der Waals surface area (Å²) in [5.74, 6) is 0.871. The average Bonchev–Trinajstić information content (AvgIpc) is 3.05. The molecule has 2 aromatic carbocycles. The van der Waals surface area contributed by atoms with E-state index in [1.807, 2.05) is 18.2 Å². The van der Waals surface area contributed by atoms with Crippen LogP contribution in [0.3, 0.4) is 0 Å². The molecule has 2 heterocycles. The van der Waals surface area contributed by atoms with E-state index in [1.165, 1.54) is 16.7 Å². The molecular formula is C21H18N2O. The number of methoxy groups -OCH3 is 1. The van der Waals surface area contributed by atoms with Gasteiger partial charge in [0.05, 0.1) is 12.8 Å². The van der Waals surface area contributed by atoms with Crippen molar-refractivity contribution in [3.63, 3.8) is 0 Å². The van der Waals surface area contributed by atoms with Gasteiger partial charge in [-0.15, -0.1) is 0 Å². The third kappa shape index (κ3) is 2.65. The summed E-state index contributed by atoms with van der Waals surface area (Å²) in [5, 5.41) is 0. The Morgan fingerprint density at radius 1 is 0.750 bits per heavy atom. The quantitative estimate of drug-likeness (QED) is 0.533. The van der Waals surface area contributed by atoms with Gasteiger partial charge in [-0.05, 0) is 41.8 Å². The van der Waals surface area contributed by atoms with E-state index in [-0.39, 0.29) is 0 Å². The van der Waals surface area contributed by atoms with Gasteiger partial charge < -0.3 is 9.14 Å². The maximum atomic E-state index is 5.21. The first-order valence-electron chi connectivity index (χ1n) is 7.93. The predicted octanol–water partition coefficient (Wildman–Crippen LogP) is 4.99. The van der Waals surface area contributed by atoms with Gasteiger partial charge in [0.2, 0.25) is 0 Å². The average molecular weight is 314 g/mol. The molecule has 3 nitrogen and oxygen atoms in total. The molecule has 0 saturated carbocycles. The minimum atomic E-state index is 0.871. The molecule has 0 aliphatic carbocycles. The summed E-state index contributed by atoms with van der Waals surface area (Å²) in [5.41, 5.74) is 6.65. The van der Waals surface area contributed by atoms with Gasteiger partial charge >= 0.3 is 0 Å². The van der Waals surface area contributed by atoms with Crippen molar-refractivity contribution < 1.29 is 4.74 Å². The lowest BCUT2D eigenvalue weighted by Crippen LogP contribution is -1.83. The van der Waals surface area contributed by atoms with E-state index in [0.717, 1.165) is 22.7 Å². The number of nitrogens with zero attached hydrogens (tertiary/aromatic N) is 2. The first kappa shape index (κ1) is 14.5. The van der Waals surface area contributed by atoms with Gasteiger partial charge in [0.25, 0.3) is 0 Å². The summed E-state index contributed by atoms with van der Waals surface area (Å²) in [7, 11) is 1.68. The summed E-state index contributed by atoms with van der Waals surface area (Å²) in [4.78, 5) is 4.70. The first-order valence-corrected chi connectivity index (χ1v) is 7.93. The molecule has 4 aromatic rings. The van der Waals surface area contributed by atoms with E-state index in [1.54, 1.807) is 7.11 Å². The van der Waals surface area contributed by atoms with Gasteiger partial charge in [-0.25, -0.2) is 4.98 Å². The van der Waals surface area contributed by atoms with Crippen molar-refractivity contribution in [2.24, 2.45) is 0 Å². The molecule has 0 atom stereocenters. The number of aromatic nitrogens is 2. The van der Waals surface area contributed by atoms with Crippen LogP contribution in [0.2, 0.25) is 0 Å². The monoisotopic (exact) mass is 314 g/mol. The standard InChI is InChI=1S/C21H18N2O/c1-15-3-12-21-22-20(14-23(21)13-15)18-6-4-16(5-7-18)17-8-10-19(24-2)11-9-17/h3-14H,1-2H3. The Hall–Kier alpha value is -3.07. The molecule has 0 saturated heterocycles. The molecule has 0 radical (unpaired) electrons. The largest absolute Gasteiger partial charge is 0.497 e. The van der Waals surface area contributed by atoms with Crippen LogP contribution in [0.15, 0.2) is 73.1 Å². The van der Waals surface area contributed by atoms with E-state index < -0.39 is 0 Å². The zero-order valence-electron chi connectivity index (χ0n) is 13.7. The zero-order chi connectivity index (χ0) is 16.5. The number of hydrogen-bond donors (Lipinski definition) is 0. The van der Waals surface area contributed by atoms with Crippen LogP contribution in [-0.2, 0) is 0 Å². The lowest BCUT2D eigenvalue weighted by Gasteiger charge is -2.04. The Bertz CT molecular complexity index is 983. The highest BCUT2D eigenvalue weighted by atomic mass is 16.5. The third-order valence-electron chi connectivity index (χ3n) is 4.20. The van der Waals surface area contributed by atoms with Crippen LogP contribution in [-0.4, -0.2) is 16.5 Å². The molecule has 118 valence electrons. The van der Waals surface area contributed by atoms with Crippen LogP contribution in [0, 0.1) is 6.92 Å². The van der Waals surface area contributed by atoms with Gasteiger partial charge in [-0.2, -0.15) is 0 Å². The Labute approximate surface area is 141 Å². The minimum Gasteiger partial charge on any atom is -0.497 e. The molecule has 0 fully saturated rings. The van der Waals surface area contributed by atoms with Gasteiger partial charge in [-0.1, -0.05) is 42.5 Å². The van der Waals surface area contributed by atoms with Crippen molar-refractivity contribution in [1.82, 2.24) is 9.38 Å². The maximum Gasteiger partial charge on any atom is 0.137 e. The maximum absolute atomic E-state index is 5.21. The number of benzene rings is 2. The summed E-state index contributed by atoms with van der Waals surface area (Å²) in [6, 6.07) is 20.7. The normalized spacial score (nSPS) is 10.9. The van der Waals surface area contributed by atoms with Gasteiger partial charge in [0.1, 0.15) is 11.4 Å². The number of fused-ring (bicyclic) bond motifs is 1. The second kappa shape index (κ2) is 5.85. The van der Waals surface area contributed by atoms with Crippen molar-refractivity contribution in [1.29, 1.82) is 0 Å². The van der Waals surface area contributed by atoms with Crippen LogP contribution in [0.25, 0.3) is 28.0 Å². The zero-order valence-corrected chi connectivity index (χ0v) is 13.7.